The summed E-state index contributed by atoms with van der Waals surface area (Å²) in [5.74, 6) is 0.612. The van der Waals surface area contributed by atoms with Crippen LogP contribution in [0.3, 0.4) is 0 Å². The smallest absolute Gasteiger partial charge is 0.246 e. The molecule has 17 heavy (non-hydrogen) atoms. The number of methoxy groups -OCH3 is 1. The maximum absolute atomic E-state index is 5.97. The third kappa shape index (κ3) is 2.60. The molecule has 2 aromatic rings. The Morgan fingerprint density at radius 3 is 3.12 bits per heavy atom. The van der Waals surface area contributed by atoms with Crippen molar-refractivity contribution in [3.8, 4) is 11.5 Å². The Bertz CT molecular complexity index is 503. The predicted molar refractivity (Wildman–Crippen MR) is 61.3 cm³/mol. The van der Waals surface area contributed by atoms with E-state index in [4.69, 9.17) is 26.6 Å². The first-order valence-corrected chi connectivity index (χ1v) is 5.29. The molecule has 2 N–H and O–H groups in total. The van der Waals surface area contributed by atoms with Gasteiger partial charge in [0.05, 0.1) is 11.6 Å². The minimum absolute atomic E-state index is 0.295. The van der Waals surface area contributed by atoms with E-state index in [1.807, 2.05) is 0 Å². The highest BCUT2D eigenvalue weighted by molar-refractivity contribution is 6.32. The van der Waals surface area contributed by atoms with Crippen molar-refractivity contribution < 1.29 is 9.26 Å². The van der Waals surface area contributed by atoms with Crippen molar-refractivity contribution in [2.75, 3.05) is 13.7 Å². The molecule has 2 rings (SSSR count). The summed E-state index contributed by atoms with van der Waals surface area (Å²) < 4.78 is 9.93. The van der Waals surface area contributed by atoms with Crippen LogP contribution >= 0.6 is 11.6 Å². The Balaban J connectivity index is 2.27. The minimum atomic E-state index is -0.455. The highest BCUT2D eigenvalue weighted by atomic mass is 35.5. The molecule has 6 nitrogen and oxygen atoms in total. The molecule has 0 aromatic carbocycles. The molecule has 0 spiro atoms. The molecule has 0 saturated carbocycles. The monoisotopic (exact) mass is 254 g/mol. The van der Waals surface area contributed by atoms with Crippen LogP contribution in [0.1, 0.15) is 11.9 Å². The third-order valence-corrected chi connectivity index (χ3v) is 2.38. The summed E-state index contributed by atoms with van der Waals surface area (Å²) in [6.07, 6.45) is 1.60. The van der Waals surface area contributed by atoms with Gasteiger partial charge in [0.25, 0.3) is 0 Å². The van der Waals surface area contributed by atoms with E-state index < -0.39 is 6.04 Å². The number of ether oxygens (including phenoxy) is 1. The van der Waals surface area contributed by atoms with Gasteiger partial charge in [0.15, 0.2) is 0 Å². The second-order valence-corrected chi connectivity index (χ2v) is 3.76. The van der Waals surface area contributed by atoms with Gasteiger partial charge in [-0.2, -0.15) is 4.98 Å². The Kier molecular flexibility index (Phi) is 3.68. The van der Waals surface area contributed by atoms with Crippen molar-refractivity contribution in [2.24, 2.45) is 5.73 Å². The zero-order valence-corrected chi connectivity index (χ0v) is 9.89. The molecule has 0 amide bonds. The number of nitrogens with zero attached hydrogens (tertiary/aromatic N) is 3. The second kappa shape index (κ2) is 5.22. The van der Waals surface area contributed by atoms with Crippen LogP contribution in [0.25, 0.3) is 11.5 Å². The zero-order valence-electron chi connectivity index (χ0n) is 9.13. The fourth-order valence-electron chi connectivity index (χ4n) is 1.28. The molecule has 0 saturated heterocycles. The van der Waals surface area contributed by atoms with Crippen molar-refractivity contribution in [3.63, 3.8) is 0 Å². The van der Waals surface area contributed by atoms with Crippen molar-refractivity contribution >= 4 is 11.6 Å². The van der Waals surface area contributed by atoms with E-state index in [0.29, 0.717) is 29.0 Å². The zero-order chi connectivity index (χ0) is 12.3. The van der Waals surface area contributed by atoms with Crippen LogP contribution < -0.4 is 5.73 Å². The summed E-state index contributed by atoms with van der Waals surface area (Å²) in [7, 11) is 1.55. The molecule has 2 aromatic heterocycles. The van der Waals surface area contributed by atoms with Gasteiger partial charge >= 0.3 is 0 Å². The van der Waals surface area contributed by atoms with Gasteiger partial charge in [-0.1, -0.05) is 16.8 Å². The van der Waals surface area contributed by atoms with Gasteiger partial charge in [-0.3, -0.25) is 4.98 Å². The van der Waals surface area contributed by atoms with Crippen molar-refractivity contribution in [1.29, 1.82) is 0 Å². The lowest BCUT2D eigenvalue weighted by molar-refractivity contribution is 0.166. The maximum Gasteiger partial charge on any atom is 0.246 e. The number of hydrogen-bond donors (Lipinski definition) is 1. The summed E-state index contributed by atoms with van der Waals surface area (Å²) >= 11 is 5.97. The van der Waals surface area contributed by atoms with Crippen LogP contribution in [-0.2, 0) is 4.74 Å². The van der Waals surface area contributed by atoms with Gasteiger partial charge in [-0.05, 0) is 12.1 Å². The van der Waals surface area contributed by atoms with Crippen molar-refractivity contribution in [3.05, 3.63) is 29.2 Å². The molecule has 90 valence electrons. The molecule has 0 aliphatic rings. The van der Waals surface area contributed by atoms with Crippen LogP contribution in [0, 0.1) is 0 Å². The van der Waals surface area contributed by atoms with Gasteiger partial charge < -0.3 is 15.0 Å². The first-order valence-electron chi connectivity index (χ1n) is 4.91. The number of hydrogen-bond acceptors (Lipinski definition) is 6. The molecule has 0 bridgehead atoms. The summed E-state index contributed by atoms with van der Waals surface area (Å²) in [5, 5.41) is 4.24. The molecular weight excluding hydrogens is 244 g/mol. The molecule has 0 fully saturated rings. The summed E-state index contributed by atoms with van der Waals surface area (Å²) in [4.78, 5) is 8.21. The van der Waals surface area contributed by atoms with Crippen molar-refractivity contribution in [2.45, 2.75) is 6.04 Å². The van der Waals surface area contributed by atoms with E-state index >= 15 is 0 Å². The highest BCUT2D eigenvalue weighted by Gasteiger charge is 2.17. The highest BCUT2D eigenvalue weighted by Crippen LogP contribution is 2.23. The molecule has 2 heterocycles. The molecule has 0 aliphatic carbocycles. The average Bonchev–Trinajstić information content (AvgIpc) is 2.79. The van der Waals surface area contributed by atoms with Crippen LogP contribution in [0.5, 0.6) is 0 Å². The number of aromatic nitrogens is 3. The SMILES string of the molecule is COCC(N)c1nc(-c2ncccc2Cl)no1. The van der Waals surface area contributed by atoms with Gasteiger partial charge in [-0.15, -0.1) is 0 Å². The van der Waals surface area contributed by atoms with Crippen LogP contribution in [0.15, 0.2) is 22.9 Å². The lowest BCUT2D eigenvalue weighted by Gasteiger charge is -2.02. The van der Waals surface area contributed by atoms with Gasteiger partial charge in [0.1, 0.15) is 11.7 Å². The quantitative estimate of drug-likeness (QED) is 0.888. The Morgan fingerprint density at radius 1 is 1.59 bits per heavy atom. The van der Waals surface area contributed by atoms with Crippen LogP contribution in [0.4, 0.5) is 0 Å². The number of pyridine rings is 1. The van der Waals surface area contributed by atoms with Gasteiger partial charge in [0, 0.05) is 13.3 Å². The van der Waals surface area contributed by atoms with Gasteiger partial charge in [0.2, 0.25) is 11.7 Å². The van der Waals surface area contributed by atoms with E-state index in [9.17, 15) is 0 Å². The molecular formula is C10H11ClN4O2. The fraction of sp³-hybridized carbons (Fsp3) is 0.300. The number of halogens is 1. The molecule has 0 radical (unpaired) electrons. The summed E-state index contributed by atoms with van der Waals surface area (Å²) in [6, 6.07) is 2.97. The Labute approximate surface area is 103 Å². The number of rotatable bonds is 4. The van der Waals surface area contributed by atoms with Gasteiger partial charge in [-0.25, -0.2) is 0 Å². The third-order valence-electron chi connectivity index (χ3n) is 2.08. The largest absolute Gasteiger partial charge is 0.383 e. The molecule has 1 unspecified atom stereocenters. The van der Waals surface area contributed by atoms with Crippen LogP contribution in [-0.4, -0.2) is 28.8 Å². The maximum atomic E-state index is 5.97. The summed E-state index contributed by atoms with van der Waals surface area (Å²) in [6.45, 7) is 0.303. The standard InChI is InChI=1S/C10H11ClN4O2/c1-16-5-7(12)10-14-9(15-17-10)8-6(11)3-2-4-13-8/h2-4,7H,5,12H2,1H3. The summed E-state index contributed by atoms with van der Waals surface area (Å²) in [5.41, 5.74) is 6.23. The Morgan fingerprint density at radius 2 is 2.41 bits per heavy atom. The van der Waals surface area contributed by atoms with E-state index in [1.165, 1.54) is 0 Å². The predicted octanol–water partition coefficient (Wildman–Crippen LogP) is 1.43. The average molecular weight is 255 g/mol. The normalized spacial score (nSPS) is 12.6. The lowest BCUT2D eigenvalue weighted by Crippen LogP contribution is -2.16. The van der Waals surface area contributed by atoms with E-state index in [2.05, 4.69) is 15.1 Å². The first kappa shape index (κ1) is 12.0. The van der Waals surface area contributed by atoms with Crippen molar-refractivity contribution in [1.82, 2.24) is 15.1 Å². The Hall–Kier alpha value is -1.50. The lowest BCUT2D eigenvalue weighted by atomic mass is 10.3. The number of nitrogens with two attached hydrogens (primary N) is 1. The van der Waals surface area contributed by atoms with E-state index in [0.717, 1.165) is 0 Å². The molecule has 1 atom stereocenters. The van der Waals surface area contributed by atoms with E-state index in [-0.39, 0.29) is 0 Å². The minimum Gasteiger partial charge on any atom is -0.383 e. The first-order chi connectivity index (χ1) is 8.22. The van der Waals surface area contributed by atoms with E-state index in [1.54, 1.807) is 25.4 Å². The molecule has 0 aliphatic heterocycles. The van der Waals surface area contributed by atoms with Crippen LogP contribution in [0.2, 0.25) is 5.02 Å². The fourth-order valence-corrected chi connectivity index (χ4v) is 1.49. The topological polar surface area (TPSA) is 87.1 Å². The molecule has 7 heteroatoms. The second-order valence-electron chi connectivity index (χ2n) is 3.35.